The predicted octanol–water partition coefficient (Wildman–Crippen LogP) is -0.293. The Labute approximate surface area is 55.4 Å². The van der Waals surface area contributed by atoms with E-state index in [0.717, 1.165) is 19.4 Å². The minimum absolute atomic E-state index is 0.549. The Morgan fingerprint density at radius 1 is 1.67 bits per heavy atom. The van der Waals surface area contributed by atoms with Crippen molar-refractivity contribution in [1.29, 1.82) is 0 Å². The Hall–Kier alpha value is -0.120. The monoisotopic (exact) mass is 130 g/mol. The summed E-state index contributed by atoms with van der Waals surface area (Å²) in [5.74, 6) is 5.48. The van der Waals surface area contributed by atoms with Gasteiger partial charge in [0.1, 0.15) is 0 Å². The zero-order valence-corrected chi connectivity index (χ0v) is 5.80. The maximum Gasteiger partial charge on any atom is 0.0760 e. The van der Waals surface area contributed by atoms with Gasteiger partial charge in [-0.15, -0.1) is 0 Å². The highest BCUT2D eigenvalue weighted by molar-refractivity contribution is 4.79. The Kier molecular flexibility index (Phi) is 1.75. The first-order valence-corrected chi connectivity index (χ1v) is 3.32. The fourth-order valence-electron chi connectivity index (χ4n) is 1.26. The second-order valence-electron chi connectivity index (χ2n) is 3.07. The van der Waals surface area contributed by atoms with Gasteiger partial charge < -0.3 is 5.11 Å². The van der Waals surface area contributed by atoms with E-state index in [-0.39, 0.29) is 0 Å². The summed E-state index contributed by atoms with van der Waals surface area (Å²) < 4.78 is 0. The van der Waals surface area contributed by atoms with Crippen molar-refractivity contribution < 1.29 is 5.11 Å². The Balaban J connectivity index is 2.41. The van der Waals surface area contributed by atoms with Gasteiger partial charge in [0, 0.05) is 13.1 Å². The van der Waals surface area contributed by atoms with E-state index in [9.17, 15) is 5.11 Å². The van der Waals surface area contributed by atoms with Crippen molar-refractivity contribution in [2.45, 2.75) is 25.4 Å². The Morgan fingerprint density at radius 2 is 2.33 bits per heavy atom. The molecule has 1 heterocycles. The number of hydrogen-bond acceptors (Lipinski definition) is 3. The fraction of sp³-hybridized carbons (Fsp3) is 1.00. The third-order valence-electron chi connectivity index (χ3n) is 1.70. The summed E-state index contributed by atoms with van der Waals surface area (Å²) >= 11 is 0. The third-order valence-corrected chi connectivity index (χ3v) is 1.70. The molecule has 1 atom stereocenters. The number of nitrogens with zero attached hydrogens (tertiary/aromatic N) is 1. The molecule has 0 radical (unpaired) electrons. The van der Waals surface area contributed by atoms with E-state index in [1.807, 2.05) is 6.92 Å². The van der Waals surface area contributed by atoms with Crippen LogP contribution in [0.1, 0.15) is 19.8 Å². The molecule has 0 aliphatic carbocycles. The summed E-state index contributed by atoms with van der Waals surface area (Å²) in [6.45, 7) is 3.34. The van der Waals surface area contributed by atoms with Gasteiger partial charge in [-0.3, -0.25) is 5.84 Å². The molecule has 1 saturated heterocycles. The van der Waals surface area contributed by atoms with Crippen LogP contribution in [-0.2, 0) is 0 Å². The number of hydrogen-bond donors (Lipinski definition) is 2. The number of β-amino-alcohol motifs (C(OH)–C–C–N with tert-alkyl or cyclic N) is 1. The van der Waals surface area contributed by atoms with E-state index in [1.54, 1.807) is 5.01 Å². The lowest BCUT2D eigenvalue weighted by molar-refractivity contribution is -0.0157. The van der Waals surface area contributed by atoms with Crippen LogP contribution >= 0.6 is 0 Å². The summed E-state index contributed by atoms with van der Waals surface area (Å²) in [5, 5.41) is 11.1. The van der Waals surface area contributed by atoms with Crippen LogP contribution in [0.25, 0.3) is 0 Å². The highest BCUT2D eigenvalue weighted by atomic mass is 16.3. The Bertz CT molecular complexity index is 103. The number of rotatable bonds is 0. The van der Waals surface area contributed by atoms with Gasteiger partial charge >= 0.3 is 0 Å². The normalized spacial score (nSPS) is 39.0. The van der Waals surface area contributed by atoms with E-state index in [2.05, 4.69) is 0 Å². The molecule has 1 aliphatic heterocycles. The quantitative estimate of drug-likeness (QED) is 0.443. The van der Waals surface area contributed by atoms with Crippen LogP contribution in [0.2, 0.25) is 0 Å². The second-order valence-corrected chi connectivity index (χ2v) is 3.07. The minimum atomic E-state index is -0.549. The zero-order valence-electron chi connectivity index (χ0n) is 5.80. The average molecular weight is 130 g/mol. The standard InChI is InChI=1S/C6H14N2O/c1-6(9)3-2-4-8(7)5-6/h9H,2-5,7H2,1H3/t6-/m0/s1. The first kappa shape index (κ1) is 6.99. The van der Waals surface area contributed by atoms with Crippen molar-refractivity contribution >= 4 is 0 Å². The molecular formula is C6H14N2O. The molecule has 1 aliphatic rings. The molecule has 0 aromatic rings. The van der Waals surface area contributed by atoms with Crippen molar-refractivity contribution in [2.24, 2.45) is 5.84 Å². The second kappa shape index (κ2) is 2.25. The van der Waals surface area contributed by atoms with E-state index in [0.29, 0.717) is 6.54 Å². The third kappa shape index (κ3) is 1.93. The van der Waals surface area contributed by atoms with Crippen LogP contribution in [0.4, 0.5) is 0 Å². The maximum absolute atomic E-state index is 9.42. The first-order chi connectivity index (χ1) is 4.10. The van der Waals surface area contributed by atoms with E-state index < -0.39 is 5.60 Å². The molecule has 1 fully saturated rings. The molecule has 0 spiro atoms. The predicted molar refractivity (Wildman–Crippen MR) is 35.6 cm³/mol. The smallest absolute Gasteiger partial charge is 0.0760 e. The molecule has 54 valence electrons. The summed E-state index contributed by atoms with van der Waals surface area (Å²) in [5.41, 5.74) is -0.549. The number of piperidine rings is 1. The molecule has 0 unspecified atom stereocenters. The fourth-order valence-corrected chi connectivity index (χ4v) is 1.26. The molecule has 1 rings (SSSR count). The first-order valence-electron chi connectivity index (χ1n) is 3.32. The van der Waals surface area contributed by atoms with Crippen LogP contribution in [0, 0.1) is 0 Å². The molecule has 9 heavy (non-hydrogen) atoms. The molecule has 0 bridgehead atoms. The van der Waals surface area contributed by atoms with Gasteiger partial charge in [-0.2, -0.15) is 0 Å². The van der Waals surface area contributed by atoms with Crippen LogP contribution in [0.3, 0.4) is 0 Å². The van der Waals surface area contributed by atoms with Crippen LogP contribution in [0.15, 0.2) is 0 Å². The SMILES string of the molecule is C[C@]1(O)CCCN(N)C1. The number of nitrogens with two attached hydrogens (primary N) is 1. The molecule has 0 saturated carbocycles. The van der Waals surface area contributed by atoms with Crippen molar-refractivity contribution in [1.82, 2.24) is 5.01 Å². The van der Waals surface area contributed by atoms with E-state index in [1.165, 1.54) is 0 Å². The van der Waals surface area contributed by atoms with Crippen molar-refractivity contribution in [2.75, 3.05) is 13.1 Å². The molecule has 0 amide bonds. The van der Waals surface area contributed by atoms with Gasteiger partial charge in [0.15, 0.2) is 0 Å². The molecular weight excluding hydrogens is 116 g/mol. The van der Waals surface area contributed by atoms with Crippen LogP contribution < -0.4 is 5.84 Å². The highest BCUT2D eigenvalue weighted by Gasteiger charge is 2.26. The van der Waals surface area contributed by atoms with Crippen LogP contribution in [-0.4, -0.2) is 28.8 Å². The lowest BCUT2D eigenvalue weighted by Crippen LogP contribution is -2.49. The number of aliphatic hydroxyl groups is 1. The summed E-state index contributed by atoms with van der Waals surface area (Å²) in [6, 6.07) is 0. The summed E-state index contributed by atoms with van der Waals surface area (Å²) in [6.07, 6.45) is 1.88. The zero-order chi connectivity index (χ0) is 6.91. The van der Waals surface area contributed by atoms with Crippen molar-refractivity contribution in [3.05, 3.63) is 0 Å². The summed E-state index contributed by atoms with van der Waals surface area (Å²) in [4.78, 5) is 0. The van der Waals surface area contributed by atoms with Crippen molar-refractivity contribution in [3.63, 3.8) is 0 Å². The lowest BCUT2D eigenvalue weighted by Gasteiger charge is -2.33. The molecule has 3 nitrogen and oxygen atoms in total. The number of hydrazine groups is 1. The van der Waals surface area contributed by atoms with Gasteiger partial charge in [0.05, 0.1) is 5.60 Å². The topological polar surface area (TPSA) is 49.5 Å². The largest absolute Gasteiger partial charge is 0.389 e. The molecule has 0 aromatic heterocycles. The average Bonchev–Trinajstić information content (AvgIpc) is 1.60. The Morgan fingerprint density at radius 3 is 2.67 bits per heavy atom. The summed E-state index contributed by atoms with van der Waals surface area (Å²) in [7, 11) is 0. The van der Waals surface area contributed by atoms with Gasteiger partial charge in [-0.05, 0) is 19.8 Å². The van der Waals surface area contributed by atoms with Crippen molar-refractivity contribution in [3.8, 4) is 0 Å². The minimum Gasteiger partial charge on any atom is -0.389 e. The van der Waals surface area contributed by atoms with Gasteiger partial charge in [0.2, 0.25) is 0 Å². The van der Waals surface area contributed by atoms with Gasteiger partial charge in [-0.25, -0.2) is 5.01 Å². The van der Waals surface area contributed by atoms with E-state index >= 15 is 0 Å². The molecule has 3 heteroatoms. The van der Waals surface area contributed by atoms with Crippen LogP contribution in [0.5, 0.6) is 0 Å². The van der Waals surface area contributed by atoms with Gasteiger partial charge in [0.25, 0.3) is 0 Å². The maximum atomic E-state index is 9.42. The van der Waals surface area contributed by atoms with E-state index in [4.69, 9.17) is 5.84 Å². The highest BCUT2D eigenvalue weighted by Crippen LogP contribution is 2.17. The molecule has 0 aromatic carbocycles. The lowest BCUT2D eigenvalue weighted by atomic mass is 9.96. The van der Waals surface area contributed by atoms with Gasteiger partial charge in [-0.1, -0.05) is 0 Å². The molecule has 3 N–H and O–H groups in total.